The lowest BCUT2D eigenvalue weighted by Crippen LogP contribution is -2.28. The Bertz CT molecular complexity index is 596. The molecule has 0 unspecified atom stereocenters. The predicted octanol–water partition coefficient (Wildman–Crippen LogP) is 1.55. The quantitative estimate of drug-likeness (QED) is 0.806. The number of fused-ring (bicyclic) bond motifs is 1. The number of aliphatic carboxylic acids is 1. The first-order chi connectivity index (χ1) is 10.5. The van der Waals surface area contributed by atoms with Crippen LogP contribution in [0.2, 0.25) is 0 Å². The first-order valence-corrected chi connectivity index (χ1v) is 7.22. The molecule has 0 fully saturated rings. The fourth-order valence-electron chi connectivity index (χ4n) is 2.59. The Hall–Kier alpha value is -2.37. The molecule has 0 spiro atoms. The molecule has 6 heteroatoms. The first kappa shape index (κ1) is 16.0. The van der Waals surface area contributed by atoms with Crippen molar-refractivity contribution >= 4 is 23.5 Å². The van der Waals surface area contributed by atoms with Gasteiger partial charge in [0.1, 0.15) is 0 Å². The van der Waals surface area contributed by atoms with Crippen LogP contribution < -0.4 is 4.90 Å². The van der Waals surface area contributed by atoms with Crippen LogP contribution in [0, 0.1) is 0 Å². The summed E-state index contributed by atoms with van der Waals surface area (Å²) in [6, 6.07) is 5.59. The van der Waals surface area contributed by atoms with E-state index in [1.54, 1.807) is 4.90 Å². The minimum Gasteiger partial charge on any atom is -0.481 e. The Morgan fingerprint density at radius 2 is 2.05 bits per heavy atom. The highest BCUT2D eigenvalue weighted by molar-refractivity contribution is 5.95. The third-order valence-corrected chi connectivity index (χ3v) is 3.70. The van der Waals surface area contributed by atoms with Crippen molar-refractivity contribution in [1.29, 1.82) is 0 Å². The third-order valence-electron chi connectivity index (χ3n) is 3.70. The molecule has 118 valence electrons. The van der Waals surface area contributed by atoms with Gasteiger partial charge in [-0.3, -0.25) is 14.4 Å². The number of ether oxygens (including phenoxy) is 1. The molecule has 0 saturated heterocycles. The van der Waals surface area contributed by atoms with Crippen molar-refractivity contribution in [3.63, 3.8) is 0 Å². The second-order valence-electron chi connectivity index (χ2n) is 5.26. The number of benzene rings is 1. The maximum Gasteiger partial charge on any atom is 0.309 e. The molecule has 1 aliphatic rings. The van der Waals surface area contributed by atoms with E-state index in [0.717, 1.165) is 23.2 Å². The highest BCUT2D eigenvalue weighted by Crippen LogP contribution is 2.29. The number of rotatable bonds is 6. The van der Waals surface area contributed by atoms with Gasteiger partial charge >= 0.3 is 11.9 Å². The van der Waals surface area contributed by atoms with Crippen LogP contribution in [0.3, 0.4) is 0 Å². The van der Waals surface area contributed by atoms with Crippen LogP contribution in [-0.4, -0.2) is 36.6 Å². The third kappa shape index (κ3) is 3.84. The minimum atomic E-state index is -0.887. The molecule has 0 atom stereocenters. The Balaban J connectivity index is 2.01. The van der Waals surface area contributed by atoms with Gasteiger partial charge in [0, 0.05) is 25.1 Å². The van der Waals surface area contributed by atoms with Gasteiger partial charge < -0.3 is 14.7 Å². The zero-order chi connectivity index (χ0) is 16.1. The number of hydrogen-bond donors (Lipinski definition) is 1. The van der Waals surface area contributed by atoms with Crippen LogP contribution in [-0.2, 0) is 32.0 Å². The van der Waals surface area contributed by atoms with Crippen molar-refractivity contribution in [2.24, 2.45) is 0 Å². The smallest absolute Gasteiger partial charge is 0.309 e. The number of hydrogen-bond acceptors (Lipinski definition) is 4. The van der Waals surface area contributed by atoms with Crippen LogP contribution in [0.5, 0.6) is 0 Å². The van der Waals surface area contributed by atoms with E-state index in [9.17, 15) is 14.4 Å². The molecule has 2 rings (SSSR count). The van der Waals surface area contributed by atoms with Crippen molar-refractivity contribution in [3.8, 4) is 0 Å². The van der Waals surface area contributed by atoms with Crippen LogP contribution in [0.25, 0.3) is 0 Å². The standard InChI is InChI=1S/C16H19NO5/c1-22-16(21)10-11-5-6-13-12(9-11)7-8-17(13)14(18)3-2-4-15(19)20/h5-6,9H,2-4,7-8,10H2,1H3,(H,19,20). The number of nitrogens with zero attached hydrogens (tertiary/aromatic N) is 1. The molecule has 1 N–H and O–H groups in total. The number of methoxy groups -OCH3 is 1. The molecule has 6 nitrogen and oxygen atoms in total. The monoisotopic (exact) mass is 305 g/mol. The fraction of sp³-hybridized carbons (Fsp3) is 0.438. The van der Waals surface area contributed by atoms with Gasteiger partial charge in [0.05, 0.1) is 13.5 Å². The number of esters is 1. The Morgan fingerprint density at radius 3 is 2.73 bits per heavy atom. The van der Waals surface area contributed by atoms with Crippen LogP contribution in [0.15, 0.2) is 18.2 Å². The Labute approximate surface area is 128 Å². The molecular weight excluding hydrogens is 286 g/mol. The van der Waals surface area contributed by atoms with E-state index in [4.69, 9.17) is 5.11 Å². The van der Waals surface area contributed by atoms with Gasteiger partial charge in [-0.25, -0.2) is 0 Å². The zero-order valence-electron chi connectivity index (χ0n) is 12.5. The van der Waals surface area contributed by atoms with Crippen molar-refractivity contribution in [1.82, 2.24) is 0 Å². The maximum absolute atomic E-state index is 12.2. The fourth-order valence-corrected chi connectivity index (χ4v) is 2.59. The zero-order valence-corrected chi connectivity index (χ0v) is 12.5. The maximum atomic E-state index is 12.2. The van der Waals surface area contributed by atoms with Gasteiger partial charge in [-0.05, 0) is 30.0 Å². The molecule has 0 aromatic heterocycles. The summed E-state index contributed by atoms with van der Waals surface area (Å²) in [5.74, 6) is -1.23. The lowest BCUT2D eigenvalue weighted by molar-refractivity contribution is -0.140. The molecule has 1 heterocycles. The SMILES string of the molecule is COC(=O)Cc1ccc2c(c1)CCN2C(=O)CCCC(=O)O. The molecule has 1 aliphatic heterocycles. The van der Waals surface area contributed by atoms with Gasteiger partial charge in [-0.2, -0.15) is 0 Å². The summed E-state index contributed by atoms with van der Waals surface area (Å²) in [6.07, 6.45) is 1.55. The Morgan fingerprint density at radius 1 is 1.27 bits per heavy atom. The topological polar surface area (TPSA) is 83.9 Å². The van der Waals surface area contributed by atoms with E-state index in [1.807, 2.05) is 18.2 Å². The number of amides is 1. The minimum absolute atomic E-state index is 0.00447. The molecule has 1 amide bonds. The number of carboxylic acid groups (broad SMARTS) is 1. The highest BCUT2D eigenvalue weighted by Gasteiger charge is 2.24. The summed E-state index contributed by atoms with van der Waals surface area (Å²) in [5.41, 5.74) is 2.76. The largest absolute Gasteiger partial charge is 0.481 e. The summed E-state index contributed by atoms with van der Waals surface area (Å²) in [5, 5.41) is 8.61. The first-order valence-electron chi connectivity index (χ1n) is 7.22. The molecule has 0 radical (unpaired) electrons. The lowest BCUT2D eigenvalue weighted by atomic mass is 10.1. The Kier molecular flexibility index (Phi) is 5.14. The van der Waals surface area contributed by atoms with E-state index in [1.165, 1.54) is 7.11 Å². The van der Waals surface area contributed by atoms with E-state index in [0.29, 0.717) is 13.0 Å². The van der Waals surface area contributed by atoms with E-state index in [-0.39, 0.29) is 31.1 Å². The van der Waals surface area contributed by atoms with Gasteiger partial charge in [0.15, 0.2) is 0 Å². The summed E-state index contributed by atoms with van der Waals surface area (Å²) >= 11 is 0. The van der Waals surface area contributed by atoms with Gasteiger partial charge in [-0.1, -0.05) is 12.1 Å². The van der Waals surface area contributed by atoms with Gasteiger partial charge in [0.2, 0.25) is 5.91 Å². The number of carbonyl (C=O) groups excluding carboxylic acids is 2. The van der Waals surface area contributed by atoms with E-state index in [2.05, 4.69) is 4.74 Å². The second-order valence-corrected chi connectivity index (χ2v) is 5.26. The van der Waals surface area contributed by atoms with Crippen molar-refractivity contribution in [3.05, 3.63) is 29.3 Å². The molecular formula is C16H19NO5. The van der Waals surface area contributed by atoms with Gasteiger partial charge in [-0.15, -0.1) is 0 Å². The van der Waals surface area contributed by atoms with E-state index < -0.39 is 5.97 Å². The van der Waals surface area contributed by atoms with Crippen molar-refractivity contribution in [2.45, 2.75) is 32.1 Å². The lowest BCUT2D eigenvalue weighted by Gasteiger charge is -2.17. The second kappa shape index (κ2) is 7.06. The molecule has 0 saturated carbocycles. The van der Waals surface area contributed by atoms with Crippen LogP contribution in [0.1, 0.15) is 30.4 Å². The molecule has 1 aromatic rings. The summed E-state index contributed by atoms with van der Waals surface area (Å²) < 4.78 is 4.65. The molecule has 0 aliphatic carbocycles. The number of carboxylic acids is 1. The average molecular weight is 305 g/mol. The van der Waals surface area contributed by atoms with Crippen molar-refractivity contribution in [2.75, 3.05) is 18.6 Å². The van der Waals surface area contributed by atoms with Crippen molar-refractivity contribution < 1.29 is 24.2 Å². The number of anilines is 1. The van der Waals surface area contributed by atoms with Crippen LogP contribution >= 0.6 is 0 Å². The van der Waals surface area contributed by atoms with E-state index >= 15 is 0 Å². The molecule has 0 bridgehead atoms. The van der Waals surface area contributed by atoms with Crippen LogP contribution in [0.4, 0.5) is 5.69 Å². The predicted molar refractivity (Wildman–Crippen MR) is 79.7 cm³/mol. The number of carbonyl (C=O) groups is 3. The summed E-state index contributed by atoms with van der Waals surface area (Å²) in [4.78, 5) is 35.6. The molecule has 22 heavy (non-hydrogen) atoms. The summed E-state index contributed by atoms with van der Waals surface area (Å²) in [6.45, 7) is 0.600. The average Bonchev–Trinajstić information content (AvgIpc) is 2.89. The highest BCUT2D eigenvalue weighted by atomic mass is 16.5. The normalized spacial score (nSPS) is 12.9. The summed E-state index contributed by atoms with van der Waals surface area (Å²) in [7, 11) is 1.35. The van der Waals surface area contributed by atoms with Gasteiger partial charge in [0.25, 0.3) is 0 Å². The molecule has 1 aromatic carbocycles.